The van der Waals surface area contributed by atoms with Gasteiger partial charge in [-0.2, -0.15) is 4.31 Å². The topological polar surface area (TPSA) is 55.8 Å². The Morgan fingerprint density at radius 2 is 1.91 bits per heavy atom. The Labute approximate surface area is 127 Å². The fourth-order valence-corrected chi connectivity index (χ4v) is 4.49. The highest BCUT2D eigenvalue weighted by atomic mass is 32.2. The molecule has 0 aromatic heterocycles. The van der Waals surface area contributed by atoms with E-state index in [-0.39, 0.29) is 19.0 Å². The fraction of sp³-hybridized carbons (Fsp3) is 0.571. The zero-order valence-electron chi connectivity index (χ0n) is 11.9. The van der Waals surface area contributed by atoms with Crippen molar-refractivity contribution in [2.45, 2.75) is 24.0 Å². The maximum atomic E-state index is 13.8. The van der Waals surface area contributed by atoms with Crippen molar-refractivity contribution < 1.29 is 26.7 Å². The number of ether oxygens (including phenoxy) is 2. The highest BCUT2D eigenvalue weighted by molar-refractivity contribution is 7.89. The normalized spacial score (nSPS) is 24.7. The highest BCUT2D eigenvalue weighted by Gasteiger charge is 2.37. The van der Waals surface area contributed by atoms with Crippen molar-refractivity contribution in [2.75, 3.05) is 26.3 Å². The fourth-order valence-electron chi connectivity index (χ4n) is 2.88. The Morgan fingerprint density at radius 3 is 2.64 bits per heavy atom. The summed E-state index contributed by atoms with van der Waals surface area (Å²) in [5.74, 6) is -1.82. The third-order valence-corrected chi connectivity index (χ3v) is 5.84. The highest BCUT2D eigenvalue weighted by Crippen LogP contribution is 2.29. The summed E-state index contributed by atoms with van der Waals surface area (Å²) in [5, 5.41) is 0. The molecule has 5 nitrogen and oxygen atoms in total. The number of nitrogens with zero attached hydrogens (tertiary/aromatic N) is 1. The van der Waals surface area contributed by atoms with Crippen molar-refractivity contribution in [3.05, 3.63) is 29.8 Å². The summed E-state index contributed by atoms with van der Waals surface area (Å²) in [6.07, 6.45) is 0.988. The molecule has 2 aliphatic heterocycles. The SMILES string of the molecule is O=S(=O)(c1cc(F)ccc1F)N1CCC[C@H](C2OCCO2)C1. The van der Waals surface area contributed by atoms with Gasteiger partial charge in [0.15, 0.2) is 6.29 Å². The zero-order valence-corrected chi connectivity index (χ0v) is 12.7. The largest absolute Gasteiger partial charge is 0.350 e. The number of hydrogen-bond donors (Lipinski definition) is 0. The first-order chi connectivity index (χ1) is 10.5. The minimum absolute atomic E-state index is 0.0948. The van der Waals surface area contributed by atoms with Crippen molar-refractivity contribution in [1.29, 1.82) is 0 Å². The third kappa shape index (κ3) is 3.01. The summed E-state index contributed by atoms with van der Waals surface area (Å²) in [5.41, 5.74) is 0. The Kier molecular flexibility index (Phi) is 4.44. The van der Waals surface area contributed by atoms with Crippen LogP contribution in [0.2, 0.25) is 0 Å². The van der Waals surface area contributed by atoms with Gasteiger partial charge in [-0.3, -0.25) is 0 Å². The predicted octanol–water partition coefficient (Wildman–Crippen LogP) is 1.74. The molecule has 0 radical (unpaired) electrons. The molecule has 2 fully saturated rings. The van der Waals surface area contributed by atoms with Gasteiger partial charge >= 0.3 is 0 Å². The van der Waals surface area contributed by atoms with Crippen molar-refractivity contribution >= 4 is 10.0 Å². The van der Waals surface area contributed by atoms with Gasteiger partial charge in [0.1, 0.15) is 16.5 Å². The van der Waals surface area contributed by atoms with Crippen molar-refractivity contribution in [3.8, 4) is 0 Å². The van der Waals surface area contributed by atoms with E-state index in [9.17, 15) is 17.2 Å². The van der Waals surface area contributed by atoms with Crippen molar-refractivity contribution in [2.24, 2.45) is 5.92 Å². The molecule has 1 aromatic carbocycles. The first-order valence-electron chi connectivity index (χ1n) is 7.17. The van der Waals surface area contributed by atoms with E-state index in [1.54, 1.807) is 0 Å². The lowest BCUT2D eigenvalue weighted by atomic mass is 9.99. The van der Waals surface area contributed by atoms with Crippen LogP contribution in [0.3, 0.4) is 0 Å². The minimum Gasteiger partial charge on any atom is -0.350 e. The maximum absolute atomic E-state index is 13.8. The number of piperidine rings is 1. The van der Waals surface area contributed by atoms with Crippen LogP contribution in [-0.2, 0) is 19.5 Å². The lowest BCUT2D eigenvalue weighted by molar-refractivity contribution is -0.0940. The summed E-state index contributed by atoms with van der Waals surface area (Å²) >= 11 is 0. The van der Waals surface area contributed by atoms with Crippen LogP contribution in [0.4, 0.5) is 8.78 Å². The lowest BCUT2D eigenvalue weighted by Crippen LogP contribution is -2.44. The van der Waals surface area contributed by atoms with Gasteiger partial charge in [0.2, 0.25) is 10.0 Å². The van der Waals surface area contributed by atoms with Gasteiger partial charge in [-0.05, 0) is 31.0 Å². The van der Waals surface area contributed by atoms with E-state index in [4.69, 9.17) is 9.47 Å². The van der Waals surface area contributed by atoms with Gasteiger partial charge in [0.25, 0.3) is 0 Å². The molecule has 0 N–H and O–H groups in total. The zero-order chi connectivity index (χ0) is 15.7. The second-order valence-corrected chi connectivity index (χ2v) is 7.36. The second kappa shape index (κ2) is 6.19. The van der Waals surface area contributed by atoms with Crippen LogP contribution in [0.5, 0.6) is 0 Å². The molecule has 0 aliphatic carbocycles. The van der Waals surface area contributed by atoms with E-state index in [0.717, 1.165) is 24.6 Å². The quantitative estimate of drug-likeness (QED) is 0.845. The van der Waals surface area contributed by atoms with Gasteiger partial charge in [-0.25, -0.2) is 17.2 Å². The summed E-state index contributed by atoms with van der Waals surface area (Å²) in [7, 11) is -4.07. The molecule has 3 rings (SSSR count). The second-order valence-electron chi connectivity index (χ2n) is 5.45. The Bertz CT molecular complexity index is 646. The molecule has 0 spiro atoms. The van der Waals surface area contributed by atoms with Crippen LogP contribution >= 0.6 is 0 Å². The maximum Gasteiger partial charge on any atom is 0.246 e. The van der Waals surface area contributed by atoms with Gasteiger partial charge in [-0.15, -0.1) is 0 Å². The van der Waals surface area contributed by atoms with Gasteiger partial charge in [0, 0.05) is 19.0 Å². The van der Waals surface area contributed by atoms with Gasteiger partial charge in [-0.1, -0.05) is 0 Å². The van der Waals surface area contributed by atoms with Gasteiger partial charge in [0.05, 0.1) is 13.2 Å². The molecule has 2 saturated heterocycles. The Morgan fingerprint density at radius 1 is 1.18 bits per heavy atom. The summed E-state index contributed by atoms with van der Waals surface area (Å²) in [6.45, 7) is 1.45. The monoisotopic (exact) mass is 333 g/mol. The van der Waals surface area contributed by atoms with Crippen LogP contribution in [-0.4, -0.2) is 45.3 Å². The van der Waals surface area contributed by atoms with Crippen LogP contribution < -0.4 is 0 Å². The van der Waals surface area contributed by atoms with E-state index in [0.29, 0.717) is 19.6 Å². The average Bonchev–Trinajstić information content (AvgIpc) is 3.04. The summed E-state index contributed by atoms with van der Waals surface area (Å²) < 4.78 is 64.2. The Balaban J connectivity index is 1.83. The summed E-state index contributed by atoms with van der Waals surface area (Å²) in [6, 6.07) is 2.44. The first kappa shape index (κ1) is 15.8. The molecule has 0 saturated carbocycles. The predicted molar refractivity (Wildman–Crippen MR) is 73.5 cm³/mol. The lowest BCUT2D eigenvalue weighted by Gasteiger charge is -2.33. The molecule has 0 unspecified atom stereocenters. The number of sulfonamides is 1. The molecule has 8 heteroatoms. The van der Waals surface area contributed by atoms with Crippen LogP contribution in [0.15, 0.2) is 23.1 Å². The van der Waals surface area contributed by atoms with E-state index in [1.165, 1.54) is 4.31 Å². The van der Waals surface area contributed by atoms with Crippen molar-refractivity contribution in [1.82, 2.24) is 4.31 Å². The molecule has 22 heavy (non-hydrogen) atoms. The molecule has 1 atom stereocenters. The summed E-state index contributed by atoms with van der Waals surface area (Å²) in [4.78, 5) is -0.624. The molecular formula is C14H17F2NO4S. The molecule has 0 amide bonds. The molecule has 0 bridgehead atoms. The van der Waals surface area contributed by atoms with E-state index < -0.39 is 32.8 Å². The first-order valence-corrected chi connectivity index (χ1v) is 8.61. The number of benzene rings is 1. The average molecular weight is 333 g/mol. The number of halogens is 2. The van der Waals surface area contributed by atoms with Crippen molar-refractivity contribution in [3.63, 3.8) is 0 Å². The van der Waals surface area contributed by atoms with Crippen LogP contribution in [0, 0.1) is 17.6 Å². The smallest absolute Gasteiger partial charge is 0.246 e. The number of rotatable bonds is 3. The van der Waals surface area contributed by atoms with Crippen LogP contribution in [0.1, 0.15) is 12.8 Å². The molecule has 2 aliphatic rings. The molecule has 1 aromatic rings. The molecule has 122 valence electrons. The van der Waals surface area contributed by atoms with Crippen LogP contribution in [0.25, 0.3) is 0 Å². The van der Waals surface area contributed by atoms with E-state index in [2.05, 4.69) is 0 Å². The molecule has 2 heterocycles. The molecular weight excluding hydrogens is 316 g/mol. The van der Waals surface area contributed by atoms with E-state index in [1.807, 2.05) is 0 Å². The standard InChI is InChI=1S/C14H17F2NO4S/c15-11-3-4-12(16)13(8-11)22(18,19)17-5-1-2-10(9-17)14-20-6-7-21-14/h3-4,8,10,14H,1-2,5-7,9H2/t10-/m0/s1. The minimum atomic E-state index is -4.07. The third-order valence-electron chi connectivity index (χ3n) is 3.96. The Hall–Kier alpha value is -1.09. The van der Waals surface area contributed by atoms with Gasteiger partial charge < -0.3 is 9.47 Å². The number of hydrogen-bond acceptors (Lipinski definition) is 4. The van der Waals surface area contributed by atoms with E-state index >= 15 is 0 Å².